The van der Waals surface area contributed by atoms with Gasteiger partial charge in [-0.1, -0.05) is 6.08 Å². The summed E-state index contributed by atoms with van der Waals surface area (Å²) in [6, 6.07) is 0. The molecule has 0 aromatic carbocycles. The predicted octanol–water partition coefficient (Wildman–Crippen LogP) is -3.83. The fraction of sp³-hybridized carbons (Fsp3) is 0.750. The normalized spacial score (nSPS) is 41.1. The molecule has 2 saturated heterocycles. The molecule has 1 unspecified atom stereocenters. The fourth-order valence-corrected chi connectivity index (χ4v) is 4.56. The van der Waals surface area contributed by atoms with Crippen LogP contribution in [-0.4, -0.2) is 143 Å². The summed E-state index contributed by atoms with van der Waals surface area (Å²) in [5, 5.41) is 70.8. The van der Waals surface area contributed by atoms with Gasteiger partial charge in [0, 0.05) is 11.5 Å². The van der Waals surface area contributed by atoms with E-state index in [2.05, 4.69) is 0 Å². The number of esters is 2. The summed E-state index contributed by atoms with van der Waals surface area (Å²) in [5.41, 5.74) is 0.283. The summed E-state index contributed by atoms with van der Waals surface area (Å²) < 4.78 is 37.0. The van der Waals surface area contributed by atoms with Crippen molar-refractivity contribution in [2.75, 3.05) is 27.4 Å². The largest absolute Gasteiger partial charge is 0.469 e. The maximum atomic E-state index is 12.3. The minimum atomic E-state index is -1.80. The van der Waals surface area contributed by atoms with Crippen molar-refractivity contribution in [3.05, 3.63) is 23.5 Å². The first-order valence-electron chi connectivity index (χ1n) is 12.4. The maximum Gasteiger partial charge on any atom is 0.337 e. The Hall–Kier alpha value is -2.22. The van der Waals surface area contributed by atoms with Crippen LogP contribution in [0.25, 0.3) is 0 Å². The van der Waals surface area contributed by atoms with Crippen molar-refractivity contribution >= 4 is 11.9 Å². The van der Waals surface area contributed by atoms with Crippen LogP contribution in [0, 0.1) is 5.92 Å². The summed E-state index contributed by atoms with van der Waals surface area (Å²) in [7, 11) is 2.33. The highest BCUT2D eigenvalue weighted by atomic mass is 16.8. The minimum Gasteiger partial charge on any atom is -0.469 e. The number of ether oxygens (including phenoxy) is 7. The first kappa shape index (κ1) is 32.3. The number of hydrogen-bond acceptors (Lipinski definition) is 16. The van der Waals surface area contributed by atoms with Crippen LogP contribution in [0.4, 0.5) is 0 Å². The molecule has 0 spiro atoms. The highest BCUT2D eigenvalue weighted by molar-refractivity contribution is 5.90. The lowest BCUT2D eigenvalue weighted by Gasteiger charge is -2.43. The zero-order valence-electron chi connectivity index (χ0n) is 22.0. The number of aliphatic hydroxyl groups excluding tert-OH is 7. The molecule has 228 valence electrons. The predicted molar refractivity (Wildman–Crippen MR) is 126 cm³/mol. The van der Waals surface area contributed by atoms with Gasteiger partial charge in [0.15, 0.2) is 12.6 Å². The summed E-state index contributed by atoms with van der Waals surface area (Å²) in [4.78, 5) is 24.3. The van der Waals surface area contributed by atoms with E-state index in [1.54, 1.807) is 6.92 Å². The quantitative estimate of drug-likeness (QED) is 0.102. The lowest BCUT2D eigenvalue weighted by Crippen LogP contribution is -2.62. The van der Waals surface area contributed by atoms with Gasteiger partial charge in [-0.3, -0.25) is 4.79 Å². The lowest BCUT2D eigenvalue weighted by atomic mass is 9.86. The molecule has 40 heavy (non-hydrogen) atoms. The van der Waals surface area contributed by atoms with Crippen LogP contribution >= 0.6 is 0 Å². The smallest absolute Gasteiger partial charge is 0.337 e. The Morgan fingerprint density at radius 3 is 2.05 bits per heavy atom. The summed E-state index contributed by atoms with van der Waals surface area (Å²) in [6.45, 7) is 0.340. The molecule has 2 fully saturated rings. The van der Waals surface area contributed by atoms with Crippen molar-refractivity contribution in [3.63, 3.8) is 0 Å². The van der Waals surface area contributed by atoms with Crippen LogP contribution in [0.5, 0.6) is 0 Å². The first-order valence-corrected chi connectivity index (χ1v) is 12.4. The lowest BCUT2D eigenvalue weighted by molar-refractivity contribution is -0.344. The molecule has 3 rings (SSSR count). The van der Waals surface area contributed by atoms with Crippen LogP contribution in [0.1, 0.15) is 13.3 Å². The fourth-order valence-electron chi connectivity index (χ4n) is 4.56. The number of carbonyl (C=O) groups is 2. The van der Waals surface area contributed by atoms with Crippen LogP contribution in [0.15, 0.2) is 23.5 Å². The van der Waals surface area contributed by atoms with Gasteiger partial charge in [-0.05, 0) is 6.92 Å². The van der Waals surface area contributed by atoms with E-state index < -0.39 is 98.8 Å². The number of allylic oxidation sites excluding steroid dienone is 1. The molecule has 12 atom stereocenters. The zero-order chi connectivity index (χ0) is 29.7. The van der Waals surface area contributed by atoms with Crippen LogP contribution in [-0.2, 0) is 42.7 Å². The van der Waals surface area contributed by atoms with Gasteiger partial charge < -0.3 is 68.9 Å². The van der Waals surface area contributed by atoms with Gasteiger partial charge in [-0.15, -0.1) is 0 Å². The van der Waals surface area contributed by atoms with E-state index in [9.17, 15) is 45.3 Å². The standard InChI is InChI=1S/C24H36O16/c1-4-9-10(5-14(26)34-2)11(21(33)35-3)7-36-22(9)40-24-20(32)18(30)16(28)13(39-24)8-37-23-19(31)17(29)15(27)12(6-25)38-23/h4,7,10,12-13,15-20,22-25,27-32H,5-6,8H2,1-3H3/t10-,12+,13+,15+,16+,17-,18-,19+,20+,22?,23+,24-/m0/s1. The average molecular weight is 581 g/mol. The molecular weight excluding hydrogens is 544 g/mol. The topological polar surface area (TPSA) is 240 Å². The third-order valence-electron chi connectivity index (χ3n) is 6.92. The molecule has 0 aromatic heterocycles. The Bertz CT molecular complexity index is 936. The molecule has 3 aliphatic rings. The molecule has 0 saturated carbocycles. The Labute approximate surface area is 228 Å². The van der Waals surface area contributed by atoms with Gasteiger partial charge in [0.1, 0.15) is 48.8 Å². The molecular formula is C24H36O16. The minimum absolute atomic E-state index is 0.00669. The maximum absolute atomic E-state index is 12.3. The second-order valence-electron chi connectivity index (χ2n) is 9.34. The van der Waals surface area contributed by atoms with Gasteiger partial charge >= 0.3 is 11.9 Å². The van der Waals surface area contributed by atoms with E-state index in [1.807, 2.05) is 0 Å². The van der Waals surface area contributed by atoms with Crippen LogP contribution < -0.4 is 0 Å². The van der Waals surface area contributed by atoms with Crippen molar-refractivity contribution in [1.82, 2.24) is 0 Å². The van der Waals surface area contributed by atoms with Crippen molar-refractivity contribution in [1.29, 1.82) is 0 Å². The molecule has 7 N–H and O–H groups in total. The molecule has 16 heteroatoms. The van der Waals surface area contributed by atoms with E-state index in [0.29, 0.717) is 0 Å². The van der Waals surface area contributed by atoms with E-state index in [0.717, 1.165) is 13.4 Å². The third kappa shape index (κ3) is 6.80. The zero-order valence-corrected chi connectivity index (χ0v) is 22.0. The van der Waals surface area contributed by atoms with E-state index >= 15 is 0 Å². The number of aliphatic hydroxyl groups is 7. The van der Waals surface area contributed by atoms with Gasteiger partial charge in [-0.2, -0.15) is 0 Å². The van der Waals surface area contributed by atoms with Crippen molar-refractivity contribution in [2.45, 2.75) is 81.0 Å². The Morgan fingerprint density at radius 1 is 0.875 bits per heavy atom. The molecule has 0 radical (unpaired) electrons. The summed E-state index contributed by atoms with van der Waals surface area (Å²) in [6.07, 6.45) is -15.2. The molecule has 0 bridgehead atoms. The van der Waals surface area contributed by atoms with Crippen LogP contribution in [0.2, 0.25) is 0 Å². The third-order valence-corrected chi connectivity index (χ3v) is 6.92. The SMILES string of the molecule is CC=C1C(O[C@@H]2O[C@H](CO[C@@H]3O[C@H](CO)[C@@H](O)[C@H](O)[C@H]3O)[C@@H](O)[C@H](O)[C@H]2O)OC=C(C(=O)OC)[C@H]1CC(=O)OC. The van der Waals surface area contributed by atoms with Gasteiger partial charge in [0.25, 0.3) is 0 Å². The van der Waals surface area contributed by atoms with E-state index in [-0.39, 0.29) is 17.6 Å². The number of hydrogen-bond donors (Lipinski definition) is 7. The molecule has 3 aliphatic heterocycles. The Morgan fingerprint density at radius 2 is 1.48 bits per heavy atom. The monoisotopic (exact) mass is 580 g/mol. The van der Waals surface area contributed by atoms with Crippen molar-refractivity contribution < 1.29 is 78.5 Å². The summed E-state index contributed by atoms with van der Waals surface area (Å²) >= 11 is 0. The van der Waals surface area contributed by atoms with E-state index in [1.165, 1.54) is 13.2 Å². The number of carbonyl (C=O) groups excluding carboxylic acids is 2. The highest BCUT2D eigenvalue weighted by Crippen LogP contribution is 2.36. The first-order chi connectivity index (χ1) is 19.0. The summed E-state index contributed by atoms with van der Waals surface area (Å²) in [5.74, 6) is -2.28. The van der Waals surface area contributed by atoms with Crippen molar-refractivity contribution in [2.24, 2.45) is 5.92 Å². The highest BCUT2D eigenvalue weighted by Gasteiger charge is 2.49. The second-order valence-corrected chi connectivity index (χ2v) is 9.34. The molecule has 0 aliphatic carbocycles. The Balaban J connectivity index is 1.74. The number of methoxy groups -OCH3 is 2. The number of rotatable bonds is 9. The average Bonchev–Trinajstić information content (AvgIpc) is 2.96. The van der Waals surface area contributed by atoms with Gasteiger partial charge in [0.05, 0.1) is 45.7 Å². The van der Waals surface area contributed by atoms with Gasteiger partial charge in [-0.25, -0.2) is 4.79 Å². The molecule has 3 heterocycles. The Kier molecular flexibility index (Phi) is 11.4. The molecule has 0 aromatic rings. The van der Waals surface area contributed by atoms with Crippen molar-refractivity contribution in [3.8, 4) is 0 Å². The van der Waals surface area contributed by atoms with E-state index in [4.69, 9.17) is 33.2 Å². The molecule has 0 amide bonds. The second kappa shape index (κ2) is 14.1. The molecule has 16 nitrogen and oxygen atoms in total. The van der Waals surface area contributed by atoms with Crippen LogP contribution in [0.3, 0.4) is 0 Å². The van der Waals surface area contributed by atoms with Gasteiger partial charge in [0.2, 0.25) is 6.29 Å².